The Balaban J connectivity index is 1.19. The molecule has 68 heavy (non-hydrogen) atoms. The Bertz CT molecular complexity index is 3870. The van der Waals surface area contributed by atoms with E-state index in [0.717, 1.165) is 77.0 Å². The maximum absolute atomic E-state index is 11.7. The molecule has 0 saturated heterocycles. The van der Waals surface area contributed by atoms with E-state index < -0.39 is 0 Å². The van der Waals surface area contributed by atoms with Crippen molar-refractivity contribution in [3.8, 4) is 79.9 Å². The summed E-state index contributed by atoms with van der Waals surface area (Å²) in [6.45, 7) is 7.91. The Hall–Kier alpha value is -9.94. The van der Waals surface area contributed by atoms with Gasteiger partial charge in [0.15, 0.2) is 23.2 Å². The van der Waals surface area contributed by atoms with E-state index in [1.807, 2.05) is 152 Å². The molecule has 0 amide bonds. The first-order chi connectivity index (χ1) is 33.6. The lowest BCUT2D eigenvalue weighted by Crippen LogP contribution is -2.07. The third-order valence-corrected chi connectivity index (χ3v) is 12.7. The van der Waals surface area contributed by atoms with Gasteiger partial charge in [0.2, 0.25) is 0 Å². The number of nitriles is 2. The molecule has 314 valence electrons. The molecule has 0 radical (unpaired) electrons. The summed E-state index contributed by atoms with van der Waals surface area (Å²) in [6.07, 6.45) is 0. The minimum atomic E-state index is 0.444. The first kappa shape index (κ1) is 39.6. The molecule has 8 nitrogen and oxygen atoms in total. The van der Waals surface area contributed by atoms with Crippen LogP contribution >= 0.6 is 0 Å². The van der Waals surface area contributed by atoms with Crippen molar-refractivity contribution in [1.29, 1.82) is 10.5 Å². The van der Waals surface area contributed by atoms with Gasteiger partial charge in [0.05, 0.1) is 51.6 Å². The quantitative estimate of drug-likeness (QED) is 0.149. The Kier molecular flexibility index (Phi) is 9.47. The predicted octanol–water partition coefficient (Wildman–Crippen LogP) is 14.7. The number of para-hydroxylation sites is 3. The molecule has 0 aliphatic heterocycles. The molecule has 8 heteroatoms. The van der Waals surface area contributed by atoms with Crippen molar-refractivity contribution in [3.63, 3.8) is 0 Å². The highest BCUT2D eigenvalue weighted by Crippen LogP contribution is 2.42. The topological polar surface area (TPSA) is 100 Å². The molecule has 12 aromatic rings. The molecule has 0 spiro atoms. The maximum atomic E-state index is 11.7. The first-order valence-corrected chi connectivity index (χ1v) is 22.1. The highest BCUT2D eigenvalue weighted by molar-refractivity contribution is 6.13. The normalized spacial score (nSPS) is 11.2. The number of benzene rings is 9. The second-order valence-corrected chi connectivity index (χ2v) is 16.5. The van der Waals surface area contributed by atoms with E-state index in [0.29, 0.717) is 51.2 Å². The van der Waals surface area contributed by atoms with Gasteiger partial charge in [-0.25, -0.2) is 19.8 Å². The lowest BCUT2D eigenvalue weighted by molar-refractivity contribution is 1.06. The van der Waals surface area contributed by atoms with Crippen molar-refractivity contribution < 1.29 is 0 Å². The number of nitrogens with zero attached hydrogens (tertiary/aromatic N) is 8. The highest BCUT2D eigenvalue weighted by Gasteiger charge is 2.25. The van der Waals surface area contributed by atoms with Gasteiger partial charge in [-0.05, 0) is 76.9 Å². The smallest absolute Gasteiger partial charge is 0.194 e. The van der Waals surface area contributed by atoms with Crippen LogP contribution < -0.4 is 0 Å². The zero-order chi connectivity index (χ0) is 45.7. The standard InChI is InChI=1S/C60H34N8/c1-63-51-25-13-10-22-45(51)41-29-31-55-49(33-41)47-24-12-15-27-53(47)68(55)57-35-43(60-65-58(38-16-4-2-5-17-38)64-59(66-60)39-18-6-3-7-19-39)34-56(50(57)37-62)67-52-26-14-11-23-46(52)48-32-40(28-30-54(48)67)44-21-9-8-20-42(44)36-61/h2-35H. The fourth-order valence-electron chi connectivity index (χ4n) is 9.59. The zero-order valence-electron chi connectivity index (χ0n) is 36.2. The van der Waals surface area contributed by atoms with Crippen LogP contribution in [0.25, 0.3) is 116 Å². The van der Waals surface area contributed by atoms with Crippen LogP contribution in [0.15, 0.2) is 206 Å². The summed E-state index contributed by atoms with van der Waals surface area (Å²) >= 11 is 0. The largest absolute Gasteiger partial charge is 0.308 e. The van der Waals surface area contributed by atoms with Gasteiger partial charge in [-0.3, -0.25) is 0 Å². The molecular weight excluding hydrogens is 833 g/mol. The van der Waals surface area contributed by atoms with Crippen LogP contribution in [0.4, 0.5) is 5.69 Å². The Morgan fingerprint density at radius 3 is 1.35 bits per heavy atom. The summed E-state index contributed by atoms with van der Waals surface area (Å²) in [7, 11) is 0. The predicted molar refractivity (Wildman–Crippen MR) is 271 cm³/mol. The number of hydrogen-bond donors (Lipinski definition) is 0. The Morgan fingerprint density at radius 1 is 0.382 bits per heavy atom. The lowest BCUT2D eigenvalue weighted by Gasteiger charge is -2.18. The minimum Gasteiger partial charge on any atom is -0.308 e. The van der Waals surface area contributed by atoms with E-state index in [-0.39, 0.29) is 0 Å². The second kappa shape index (κ2) is 16.2. The molecular formula is C60H34N8. The molecule has 0 N–H and O–H groups in total. The lowest BCUT2D eigenvalue weighted by atomic mass is 9.98. The van der Waals surface area contributed by atoms with Crippen molar-refractivity contribution in [2.45, 2.75) is 0 Å². The monoisotopic (exact) mass is 866 g/mol. The first-order valence-electron chi connectivity index (χ1n) is 22.1. The van der Waals surface area contributed by atoms with Crippen LogP contribution in [0.3, 0.4) is 0 Å². The molecule has 0 aliphatic rings. The van der Waals surface area contributed by atoms with Gasteiger partial charge in [0.1, 0.15) is 11.6 Å². The van der Waals surface area contributed by atoms with E-state index in [1.54, 1.807) is 0 Å². The van der Waals surface area contributed by atoms with Crippen LogP contribution in [-0.4, -0.2) is 24.1 Å². The number of aromatic nitrogens is 5. The van der Waals surface area contributed by atoms with Crippen LogP contribution in [-0.2, 0) is 0 Å². The van der Waals surface area contributed by atoms with Gasteiger partial charge in [0, 0.05) is 38.2 Å². The molecule has 3 heterocycles. The van der Waals surface area contributed by atoms with Crippen LogP contribution in [0.2, 0.25) is 0 Å². The van der Waals surface area contributed by atoms with Crippen molar-refractivity contribution in [2.75, 3.05) is 0 Å². The molecule has 0 unspecified atom stereocenters. The average Bonchev–Trinajstić information content (AvgIpc) is 3.92. The Labute approximate surface area is 391 Å². The minimum absolute atomic E-state index is 0.444. The molecule has 0 atom stereocenters. The molecule has 3 aromatic heterocycles. The second-order valence-electron chi connectivity index (χ2n) is 16.5. The highest BCUT2D eigenvalue weighted by atomic mass is 15.1. The van der Waals surface area contributed by atoms with E-state index in [9.17, 15) is 10.5 Å². The zero-order valence-corrected chi connectivity index (χ0v) is 36.2. The van der Waals surface area contributed by atoms with Crippen LogP contribution in [0.5, 0.6) is 0 Å². The van der Waals surface area contributed by atoms with Gasteiger partial charge in [-0.15, -0.1) is 0 Å². The molecule has 9 aromatic carbocycles. The summed E-state index contributed by atoms with van der Waals surface area (Å²) in [5.41, 5.74) is 12.4. The Morgan fingerprint density at radius 2 is 0.824 bits per heavy atom. The SMILES string of the molecule is [C-]#[N+]c1ccccc1-c1ccc2c(c1)c1ccccc1n2-c1cc(-c2nc(-c3ccccc3)nc(-c3ccccc3)n2)cc(-n2c3ccccc3c3cc(-c4ccccc4C#N)ccc32)c1C#N. The van der Waals surface area contributed by atoms with E-state index in [1.165, 1.54) is 0 Å². The van der Waals surface area contributed by atoms with Gasteiger partial charge in [-0.2, -0.15) is 10.5 Å². The summed E-state index contributed by atoms with van der Waals surface area (Å²) in [6, 6.07) is 73.2. The van der Waals surface area contributed by atoms with Gasteiger partial charge < -0.3 is 9.13 Å². The third-order valence-electron chi connectivity index (χ3n) is 12.7. The molecule has 0 fully saturated rings. The van der Waals surface area contributed by atoms with Gasteiger partial charge in [-0.1, -0.05) is 152 Å². The van der Waals surface area contributed by atoms with E-state index >= 15 is 0 Å². The number of hydrogen-bond acceptors (Lipinski definition) is 5. The maximum Gasteiger partial charge on any atom is 0.194 e. The molecule has 12 rings (SSSR count). The number of rotatable bonds is 7. The van der Waals surface area contributed by atoms with Crippen molar-refractivity contribution in [2.24, 2.45) is 0 Å². The summed E-state index contributed by atoms with van der Waals surface area (Å²) in [4.78, 5) is 19.2. The summed E-state index contributed by atoms with van der Waals surface area (Å²) in [5, 5.41) is 25.7. The molecule has 0 bridgehead atoms. The van der Waals surface area contributed by atoms with Gasteiger partial charge in [0.25, 0.3) is 0 Å². The third kappa shape index (κ3) is 6.47. The number of fused-ring (bicyclic) bond motifs is 6. The summed E-state index contributed by atoms with van der Waals surface area (Å²) < 4.78 is 4.34. The molecule has 0 saturated carbocycles. The van der Waals surface area contributed by atoms with Crippen LogP contribution in [0, 0.1) is 29.2 Å². The van der Waals surface area contributed by atoms with E-state index in [2.05, 4.69) is 80.7 Å². The van der Waals surface area contributed by atoms with Gasteiger partial charge >= 0.3 is 0 Å². The average molecular weight is 867 g/mol. The van der Waals surface area contributed by atoms with Crippen molar-refractivity contribution >= 4 is 49.3 Å². The fraction of sp³-hybridized carbons (Fsp3) is 0. The fourth-order valence-corrected chi connectivity index (χ4v) is 9.59. The van der Waals surface area contributed by atoms with E-state index in [4.69, 9.17) is 21.5 Å². The summed E-state index contributed by atoms with van der Waals surface area (Å²) in [5.74, 6) is 1.49. The van der Waals surface area contributed by atoms with Crippen LogP contribution in [0.1, 0.15) is 11.1 Å². The van der Waals surface area contributed by atoms with Crippen molar-refractivity contribution in [3.05, 3.63) is 229 Å². The molecule has 0 aliphatic carbocycles. The van der Waals surface area contributed by atoms with Crippen molar-refractivity contribution in [1.82, 2.24) is 24.1 Å².